The average Bonchev–Trinajstić information content (AvgIpc) is 2.44. The molecule has 1 aliphatic heterocycles. The molecule has 2 unspecified atom stereocenters. The summed E-state index contributed by atoms with van der Waals surface area (Å²) < 4.78 is 0. The Balaban J connectivity index is 1.98. The van der Waals surface area contributed by atoms with Crippen molar-refractivity contribution in [2.24, 2.45) is 5.41 Å². The first-order chi connectivity index (χ1) is 6.61. The monoisotopic (exact) mass is 197 g/mol. The van der Waals surface area contributed by atoms with Crippen molar-refractivity contribution in [3.8, 4) is 0 Å². The molecule has 0 aromatic carbocycles. The molecule has 2 fully saturated rings. The fourth-order valence-corrected chi connectivity index (χ4v) is 2.98. The van der Waals surface area contributed by atoms with E-state index in [0.717, 1.165) is 0 Å². The van der Waals surface area contributed by atoms with E-state index >= 15 is 0 Å². The molecule has 2 aliphatic rings. The Morgan fingerprint density at radius 1 is 1.14 bits per heavy atom. The third-order valence-corrected chi connectivity index (χ3v) is 4.11. The minimum atomic E-state index is -0.111. The molecule has 1 saturated heterocycles. The van der Waals surface area contributed by atoms with Crippen LogP contribution in [0, 0.1) is 5.41 Å². The van der Waals surface area contributed by atoms with Crippen LogP contribution in [0.3, 0.4) is 0 Å². The summed E-state index contributed by atoms with van der Waals surface area (Å²) in [5, 5.41) is 10.2. The van der Waals surface area contributed by atoms with E-state index in [2.05, 4.69) is 18.7 Å². The Morgan fingerprint density at radius 2 is 1.79 bits per heavy atom. The lowest BCUT2D eigenvalue weighted by Gasteiger charge is -2.36. The van der Waals surface area contributed by atoms with Gasteiger partial charge in [-0.25, -0.2) is 0 Å². The lowest BCUT2D eigenvalue weighted by atomic mass is 9.88. The molecule has 2 atom stereocenters. The van der Waals surface area contributed by atoms with Crippen LogP contribution in [0.1, 0.15) is 46.0 Å². The zero-order valence-corrected chi connectivity index (χ0v) is 9.50. The first kappa shape index (κ1) is 10.4. The van der Waals surface area contributed by atoms with Crippen molar-refractivity contribution in [1.29, 1.82) is 0 Å². The summed E-state index contributed by atoms with van der Waals surface area (Å²) in [5.41, 5.74) is 0.141. The Kier molecular flexibility index (Phi) is 2.85. The van der Waals surface area contributed by atoms with Gasteiger partial charge >= 0.3 is 0 Å². The van der Waals surface area contributed by atoms with Crippen LogP contribution in [0.25, 0.3) is 0 Å². The van der Waals surface area contributed by atoms with Crippen molar-refractivity contribution >= 4 is 0 Å². The summed E-state index contributed by atoms with van der Waals surface area (Å²) in [5.74, 6) is 0. The van der Waals surface area contributed by atoms with Crippen molar-refractivity contribution < 1.29 is 5.11 Å². The van der Waals surface area contributed by atoms with Crippen LogP contribution in [0.4, 0.5) is 0 Å². The normalized spacial score (nSPS) is 38.8. The van der Waals surface area contributed by atoms with E-state index in [1.165, 1.54) is 45.2 Å². The average molecular weight is 197 g/mol. The topological polar surface area (TPSA) is 23.5 Å². The van der Waals surface area contributed by atoms with Gasteiger partial charge in [0.25, 0.3) is 0 Å². The van der Waals surface area contributed by atoms with Crippen molar-refractivity contribution in [2.45, 2.75) is 58.1 Å². The third-order valence-electron chi connectivity index (χ3n) is 4.11. The molecule has 0 aromatic rings. The molecular formula is C12H23NO. The van der Waals surface area contributed by atoms with Gasteiger partial charge in [-0.1, -0.05) is 20.3 Å². The summed E-state index contributed by atoms with van der Waals surface area (Å²) in [6.07, 6.45) is 6.28. The van der Waals surface area contributed by atoms with Crippen LogP contribution in [0.5, 0.6) is 0 Å². The standard InChI is InChI=1S/C12H23NO/c1-12(2)7-6-10(11(12)14)13-8-4-3-5-9-13/h10-11,14H,3-9H2,1-2H3. The molecule has 2 rings (SSSR count). The van der Waals surface area contributed by atoms with Gasteiger partial charge in [0.05, 0.1) is 6.10 Å². The number of hydrogen-bond donors (Lipinski definition) is 1. The maximum Gasteiger partial charge on any atom is 0.0746 e. The van der Waals surface area contributed by atoms with Crippen LogP contribution < -0.4 is 0 Å². The quantitative estimate of drug-likeness (QED) is 0.695. The second-order valence-electron chi connectivity index (χ2n) is 5.64. The second kappa shape index (κ2) is 3.82. The molecule has 0 amide bonds. The number of aliphatic hydroxyl groups is 1. The smallest absolute Gasteiger partial charge is 0.0746 e. The predicted octanol–water partition coefficient (Wildman–Crippen LogP) is 2.02. The zero-order valence-electron chi connectivity index (χ0n) is 9.50. The summed E-state index contributed by atoms with van der Waals surface area (Å²) in [7, 11) is 0. The zero-order chi connectivity index (χ0) is 10.2. The Hall–Kier alpha value is -0.0800. The molecule has 0 radical (unpaired) electrons. The highest BCUT2D eigenvalue weighted by molar-refractivity contribution is 4.96. The van der Waals surface area contributed by atoms with E-state index in [1.807, 2.05) is 0 Å². The third kappa shape index (κ3) is 1.82. The first-order valence-electron chi connectivity index (χ1n) is 6.03. The van der Waals surface area contributed by atoms with Crippen molar-refractivity contribution in [3.05, 3.63) is 0 Å². The van der Waals surface area contributed by atoms with E-state index in [1.54, 1.807) is 0 Å². The molecule has 2 nitrogen and oxygen atoms in total. The molecule has 0 aromatic heterocycles. The van der Waals surface area contributed by atoms with E-state index in [0.29, 0.717) is 6.04 Å². The number of aliphatic hydroxyl groups excluding tert-OH is 1. The molecular weight excluding hydrogens is 174 g/mol. The molecule has 1 N–H and O–H groups in total. The van der Waals surface area contributed by atoms with Crippen LogP contribution in [0.2, 0.25) is 0 Å². The number of piperidine rings is 1. The summed E-state index contributed by atoms with van der Waals surface area (Å²) >= 11 is 0. The number of likely N-dealkylation sites (tertiary alicyclic amines) is 1. The van der Waals surface area contributed by atoms with Crippen LogP contribution in [-0.4, -0.2) is 35.2 Å². The van der Waals surface area contributed by atoms with E-state index in [9.17, 15) is 5.11 Å². The van der Waals surface area contributed by atoms with Gasteiger partial charge < -0.3 is 5.11 Å². The molecule has 14 heavy (non-hydrogen) atoms. The molecule has 0 spiro atoms. The Morgan fingerprint density at radius 3 is 2.29 bits per heavy atom. The second-order valence-corrected chi connectivity index (χ2v) is 5.64. The van der Waals surface area contributed by atoms with Gasteiger partial charge in [-0.15, -0.1) is 0 Å². The predicted molar refractivity (Wildman–Crippen MR) is 58.2 cm³/mol. The number of hydrogen-bond acceptors (Lipinski definition) is 2. The van der Waals surface area contributed by atoms with E-state index in [-0.39, 0.29) is 11.5 Å². The molecule has 2 heteroatoms. The van der Waals surface area contributed by atoms with Gasteiger partial charge in [-0.2, -0.15) is 0 Å². The SMILES string of the molecule is CC1(C)CCC(N2CCCCC2)C1O. The van der Waals surface area contributed by atoms with E-state index < -0.39 is 0 Å². The highest BCUT2D eigenvalue weighted by Gasteiger charge is 2.43. The van der Waals surface area contributed by atoms with E-state index in [4.69, 9.17) is 0 Å². The van der Waals surface area contributed by atoms with Crippen LogP contribution in [-0.2, 0) is 0 Å². The first-order valence-corrected chi connectivity index (χ1v) is 6.03. The molecule has 1 heterocycles. The maximum absolute atomic E-state index is 10.2. The summed E-state index contributed by atoms with van der Waals surface area (Å²) in [6.45, 7) is 6.80. The lowest BCUT2D eigenvalue weighted by molar-refractivity contribution is 0.00841. The van der Waals surface area contributed by atoms with Gasteiger partial charge in [0.1, 0.15) is 0 Å². The highest BCUT2D eigenvalue weighted by Crippen LogP contribution is 2.40. The largest absolute Gasteiger partial charge is 0.391 e. The van der Waals surface area contributed by atoms with Crippen molar-refractivity contribution in [3.63, 3.8) is 0 Å². The van der Waals surface area contributed by atoms with Gasteiger partial charge in [0.15, 0.2) is 0 Å². The van der Waals surface area contributed by atoms with Crippen molar-refractivity contribution in [2.75, 3.05) is 13.1 Å². The van der Waals surface area contributed by atoms with Crippen LogP contribution in [0.15, 0.2) is 0 Å². The Bertz CT molecular complexity index is 196. The minimum absolute atomic E-state index is 0.111. The number of rotatable bonds is 1. The molecule has 82 valence electrons. The van der Waals surface area contributed by atoms with Crippen LogP contribution >= 0.6 is 0 Å². The fourth-order valence-electron chi connectivity index (χ4n) is 2.98. The minimum Gasteiger partial charge on any atom is -0.391 e. The van der Waals surface area contributed by atoms with Gasteiger partial charge in [-0.3, -0.25) is 4.90 Å². The van der Waals surface area contributed by atoms with Gasteiger partial charge in [0.2, 0.25) is 0 Å². The van der Waals surface area contributed by atoms with Gasteiger partial charge in [0, 0.05) is 6.04 Å². The van der Waals surface area contributed by atoms with Gasteiger partial charge in [-0.05, 0) is 44.2 Å². The summed E-state index contributed by atoms with van der Waals surface area (Å²) in [4.78, 5) is 2.52. The Labute approximate surface area is 87.3 Å². The summed E-state index contributed by atoms with van der Waals surface area (Å²) in [6, 6.07) is 0.449. The van der Waals surface area contributed by atoms with Crippen molar-refractivity contribution in [1.82, 2.24) is 4.90 Å². The lowest BCUT2D eigenvalue weighted by Crippen LogP contribution is -2.46. The molecule has 1 saturated carbocycles. The number of nitrogens with zero attached hydrogens (tertiary/aromatic N) is 1. The fraction of sp³-hybridized carbons (Fsp3) is 1.00. The highest BCUT2D eigenvalue weighted by atomic mass is 16.3. The maximum atomic E-state index is 10.2. The molecule has 1 aliphatic carbocycles. The molecule has 0 bridgehead atoms.